The zero-order chi connectivity index (χ0) is 21.5. The molecule has 0 saturated carbocycles. The fourth-order valence-corrected chi connectivity index (χ4v) is 4.59. The molecular weight excluding hydrogens is 415 g/mol. The summed E-state index contributed by atoms with van der Waals surface area (Å²) in [6, 6.07) is 11.9. The summed E-state index contributed by atoms with van der Waals surface area (Å²) in [5.74, 6) is -2.59. The number of benzene rings is 2. The highest BCUT2D eigenvalue weighted by Crippen LogP contribution is 2.31. The van der Waals surface area contributed by atoms with Crippen LogP contribution in [0.1, 0.15) is 18.4 Å². The number of carbonyl (C=O) groups is 2. The molecule has 1 aromatic heterocycles. The van der Waals surface area contributed by atoms with Crippen molar-refractivity contribution in [1.82, 2.24) is 9.88 Å². The summed E-state index contributed by atoms with van der Waals surface area (Å²) in [5, 5.41) is 3.45. The number of alkyl halides is 3. The number of amides is 2. The van der Waals surface area contributed by atoms with Crippen molar-refractivity contribution in [3.8, 4) is 10.6 Å². The maximum Gasteiger partial charge on any atom is 0.471 e. The minimum atomic E-state index is -4.99. The van der Waals surface area contributed by atoms with E-state index in [1.165, 1.54) is 0 Å². The summed E-state index contributed by atoms with van der Waals surface area (Å²) in [5.41, 5.74) is 3.39. The molecule has 0 spiro atoms. The number of aryl methyl sites for hydroxylation is 1. The summed E-state index contributed by atoms with van der Waals surface area (Å²) >= 11 is 1.56. The van der Waals surface area contributed by atoms with E-state index in [-0.39, 0.29) is 13.0 Å². The molecule has 1 saturated heterocycles. The molecule has 1 N–H and O–H groups in total. The highest BCUT2D eigenvalue weighted by atomic mass is 32.1. The van der Waals surface area contributed by atoms with Crippen LogP contribution in [0.25, 0.3) is 20.8 Å². The van der Waals surface area contributed by atoms with Gasteiger partial charge in [0, 0.05) is 17.8 Å². The normalized spacial score (nSPS) is 16.8. The third-order valence-corrected chi connectivity index (χ3v) is 6.07. The van der Waals surface area contributed by atoms with E-state index < -0.39 is 24.0 Å². The van der Waals surface area contributed by atoms with Gasteiger partial charge in [-0.3, -0.25) is 9.59 Å². The molecule has 0 aliphatic carbocycles. The van der Waals surface area contributed by atoms with E-state index in [2.05, 4.69) is 16.4 Å². The second kappa shape index (κ2) is 7.71. The summed E-state index contributed by atoms with van der Waals surface area (Å²) in [4.78, 5) is 29.2. The van der Waals surface area contributed by atoms with Crippen LogP contribution in [-0.2, 0) is 9.59 Å². The smallest absolute Gasteiger partial charge is 0.324 e. The molecule has 2 heterocycles. The monoisotopic (exact) mass is 433 g/mol. The molecule has 1 aliphatic rings. The first kappa shape index (κ1) is 20.3. The first-order valence-electron chi connectivity index (χ1n) is 9.39. The SMILES string of the molecule is Cc1ccc2nc(-c3ccc(NC(=O)C4CCCN4C(=O)C(F)(F)F)cc3)sc2c1. The Morgan fingerprint density at radius 2 is 1.90 bits per heavy atom. The largest absolute Gasteiger partial charge is 0.471 e. The quantitative estimate of drug-likeness (QED) is 0.648. The lowest BCUT2D eigenvalue weighted by Crippen LogP contribution is -2.48. The van der Waals surface area contributed by atoms with Crippen LogP contribution < -0.4 is 5.32 Å². The minimum Gasteiger partial charge on any atom is -0.324 e. The number of anilines is 1. The van der Waals surface area contributed by atoms with Gasteiger partial charge < -0.3 is 10.2 Å². The number of likely N-dealkylation sites (tertiary alicyclic amines) is 1. The van der Waals surface area contributed by atoms with Crippen LogP contribution in [0, 0.1) is 6.92 Å². The second-order valence-electron chi connectivity index (χ2n) is 7.21. The van der Waals surface area contributed by atoms with Crippen molar-refractivity contribution in [3.05, 3.63) is 48.0 Å². The Kier molecular flexibility index (Phi) is 5.23. The lowest BCUT2D eigenvalue weighted by molar-refractivity contribution is -0.186. The fraction of sp³-hybridized carbons (Fsp3) is 0.286. The average Bonchev–Trinajstić information content (AvgIpc) is 3.34. The van der Waals surface area contributed by atoms with E-state index >= 15 is 0 Å². The van der Waals surface area contributed by atoms with E-state index in [1.54, 1.807) is 35.6 Å². The lowest BCUT2D eigenvalue weighted by atomic mass is 10.1. The number of nitrogens with zero attached hydrogens (tertiary/aromatic N) is 2. The van der Waals surface area contributed by atoms with Crippen molar-refractivity contribution < 1.29 is 22.8 Å². The van der Waals surface area contributed by atoms with Crippen LogP contribution in [0.15, 0.2) is 42.5 Å². The molecule has 1 fully saturated rings. The first-order chi connectivity index (χ1) is 14.2. The van der Waals surface area contributed by atoms with E-state index in [1.807, 2.05) is 19.1 Å². The maximum atomic E-state index is 12.7. The van der Waals surface area contributed by atoms with Gasteiger partial charge in [0.15, 0.2) is 0 Å². The molecule has 1 atom stereocenters. The number of fused-ring (bicyclic) bond motifs is 1. The molecule has 156 valence electrons. The van der Waals surface area contributed by atoms with Crippen molar-refractivity contribution in [2.24, 2.45) is 0 Å². The zero-order valence-corrected chi connectivity index (χ0v) is 16.8. The molecule has 4 rings (SSSR count). The van der Waals surface area contributed by atoms with E-state index in [4.69, 9.17) is 0 Å². The molecule has 9 heteroatoms. The molecule has 2 aromatic carbocycles. The summed E-state index contributed by atoms with van der Waals surface area (Å²) in [6.07, 6.45) is -4.42. The summed E-state index contributed by atoms with van der Waals surface area (Å²) < 4.78 is 39.3. The van der Waals surface area contributed by atoms with Crippen molar-refractivity contribution in [2.45, 2.75) is 32.0 Å². The molecule has 1 aliphatic heterocycles. The van der Waals surface area contributed by atoms with E-state index in [9.17, 15) is 22.8 Å². The van der Waals surface area contributed by atoms with Crippen LogP contribution >= 0.6 is 11.3 Å². The van der Waals surface area contributed by atoms with Gasteiger partial charge in [0.05, 0.1) is 10.2 Å². The second-order valence-corrected chi connectivity index (χ2v) is 8.24. The average molecular weight is 433 g/mol. The summed E-state index contributed by atoms with van der Waals surface area (Å²) in [6.45, 7) is 1.94. The number of aromatic nitrogens is 1. The Labute approximate surface area is 174 Å². The highest BCUT2D eigenvalue weighted by molar-refractivity contribution is 7.21. The van der Waals surface area contributed by atoms with Crippen LogP contribution in [0.2, 0.25) is 0 Å². The minimum absolute atomic E-state index is 0.0769. The van der Waals surface area contributed by atoms with Crippen molar-refractivity contribution in [1.29, 1.82) is 0 Å². The van der Waals surface area contributed by atoms with Gasteiger partial charge in [-0.1, -0.05) is 6.07 Å². The van der Waals surface area contributed by atoms with Gasteiger partial charge in [-0.15, -0.1) is 11.3 Å². The Morgan fingerprint density at radius 3 is 2.60 bits per heavy atom. The molecule has 3 aromatic rings. The number of thiazole rings is 1. The van der Waals surface area contributed by atoms with Crippen LogP contribution in [0.3, 0.4) is 0 Å². The van der Waals surface area contributed by atoms with E-state index in [0.29, 0.717) is 17.0 Å². The van der Waals surface area contributed by atoms with Gasteiger partial charge in [-0.2, -0.15) is 13.2 Å². The van der Waals surface area contributed by atoms with Crippen molar-refractivity contribution >= 4 is 39.1 Å². The van der Waals surface area contributed by atoms with Gasteiger partial charge >= 0.3 is 12.1 Å². The van der Waals surface area contributed by atoms with Crippen molar-refractivity contribution in [2.75, 3.05) is 11.9 Å². The third kappa shape index (κ3) is 4.02. The van der Waals surface area contributed by atoms with Crippen LogP contribution in [0.5, 0.6) is 0 Å². The van der Waals surface area contributed by atoms with Crippen molar-refractivity contribution in [3.63, 3.8) is 0 Å². The Balaban J connectivity index is 1.47. The topological polar surface area (TPSA) is 62.3 Å². The summed E-state index contributed by atoms with van der Waals surface area (Å²) in [7, 11) is 0. The van der Waals surface area contributed by atoms with E-state index in [0.717, 1.165) is 26.4 Å². The lowest BCUT2D eigenvalue weighted by Gasteiger charge is -2.24. The van der Waals surface area contributed by atoms with Crippen LogP contribution in [0.4, 0.5) is 18.9 Å². The third-order valence-electron chi connectivity index (χ3n) is 5.00. The Morgan fingerprint density at radius 1 is 1.17 bits per heavy atom. The van der Waals surface area contributed by atoms with Gasteiger partial charge in [0.2, 0.25) is 5.91 Å². The van der Waals surface area contributed by atoms with Gasteiger partial charge in [-0.25, -0.2) is 4.98 Å². The van der Waals surface area contributed by atoms with Gasteiger partial charge in [0.1, 0.15) is 11.0 Å². The molecule has 30 heavy (non-hydrogen) atoms. The Bertz CT molecular complexity index is 1110. The predicted molar refractivity (Wildman–Crippen MR) is 109 cm³/mol. The Hall–Kier alpha value is -2.94. The highest BCUT2D eigenvalue weighted by Gasteiger charge is 2.47. The standard InChI is InChI=1S/C21H18F3N3O2S/c1-12-4-9-15-17(11-12)30-19(26-15)13-5-7-14(8-6-13)25-18(28)16-3-2-10-27(16)20(29)21(22,23)24/h4-9,11,16H,2-3,10H2,1H3,(H,25,28). The number of rotatable bonds is 3. The zero-order valence-electron chi connectivity index (χ0n) is 16.0. The number of carbonyl (C=O) groups excluding carboxylic acids is 2. The number of hydrogen-bond donors (Lipinski definition) is 1. The number of nitrogens with one attached hydrogen (secondary N) is 1. The molecular formula is C21H18F3N3O2S. The molecule has 0 radical (unpaired) electrons. The first-order valence-corrected chi connectivity index (χ1v) is 10.2. The van der Waals surface area contributed by atoms with Gasteiger partial charge in [0.25, 0.3) is 0 Å². The molecule has 1 unspecified atom stereocenters. The molecule has 0 bridgehead atoms. The van der Waals surface area contributed by atoms with Crippen LogP contribution in [-0.4, -0.2) is 40.5 Å². The van der Waals surface area contributed by atoms with Gasteiger partial charge in [-0.05, 0) is 61.7 Å². The predicted octanol–water partition coefficient (Wildman–Crippen LogP) is 4.76. The fourth-order valence-electron chi connectivity index (χ4n) is 3.52. The molecule has 5 nitrogen and oxygen atoms in total. The number of hydrogen-bond acceptors (Lipinski definition) is 4. The molecule has 2 amide bonds. The maximum absolute atomic E-state index is 12.7. The number of halogens is 3.